The van der Waals surface area contributed by atoms with E-state index in [1.54, 1.807) is 0 Å². The average molecular weight is 407 g/mol. The van der Waals surface area contributed by atoms with Gasteiger partial charge in [0, 0.05) is 11.9 Å². The third-order valence-corrected chi connectivity index (χ3v) is 6.69. The van der Waals surface area contributed by atoms with Crippen molar-refractivity contribution in [3.63, 3.8) is 0 Å². The van der Waals surface area contributed by atoms with Crippen LogP contribution < -0.4 is 10.4 Å². The number of hydrogen-bond donors (Lipinski definition) is 1. The maximum atomic E-state index is 11.3. The normalized spacial score (nSPS) is 18.1. The largest absolute Gasteiger partial charge is 0.550 e. The van der Waals surface area contributed by atoms with Gasteiger partial charge in [-0.15, -0.1) is 0 Å². The van der Waals surface area contributed by atoms with Crippen LogP contribution in [0.1, 0.15) is 110 Å². The van der Waals surface area contributed by atoms with Crippen LogP contribution in [0, 0.1) is 16.7 Å². The molecule has 0 aliphatic heterocycles. The Bertz CT molecular complexity index is 628. The Kier molecular flexibility index (Phi) is 8.68. The Morgan fingerprint density at radius 3 is 2.52 bits per heavy atom. The van der Waals surface area contributed by atoms with Gasteiger partial charge in [0.1, 0.15) is 0 Å². The summed E-state index contributed by atoms with van der Waals surface area (Å²) in [6.45, 7) is 12.7. The fourth-order valence-electron chi connectivity index (χ4n) is 4.78. The second-order valence-corrected chi connectivity index (χ2v) is 10.3. The lowest BCUT2D eigenvalue weighted by molar-refractivity contribution is -0.306. The van der Waals surface area contributed by atoms with E-state index in [4.69, 9.17) is 4.52 Å². The molecule has 1 fully saturated rings. The van der Waals surface area contributed by atoms with E-state index in [1.807, 2.05) is 0 Å². The van der Waals surface area contributed by atoms with E-state index in [9.17, 15) is 9.90 Å². The van der Waals surface area contributed by atoms with Crippen LogP contribution in [0.3, 0.4) is 0 Å². The number of carbonyl (C=O) groups excluding carboxylic acids is 1. The average Bonchev–Trinajstić information content (AvgIpc) is 3.09. The van der Waals surface area contributed by atoms with Gasteiger partial charge >= 0.3 is 0 Å². The monoisotopic (exact) mass is 406 g/mol. The second kappa shape index (κ2) is 10.6. The SMILES string of the molecule is CC(C)CNCc1noc(C(CCCC2(C(C)(C)C)CCCCC2)CC(=O)[O-])n1. The summed E-state index contributed by atoms with van der Waals surface area (Å²) in [7, 11) is 0. The molecule has 1 aromatic rings. The Balaban J connectivity index is 1.98. The molecule has 1 N–H and O–H groups in total. The molecule has 6 heteroatoms. The molecule has 0 radical (unpaired) electrons. The Morgan fingerprint density at radius 1 is 1.24 bits per heavy atom. The first-order valence-corrected chi connectivity index (χ1v) is 11.4. The van der Waals surface area contributed by atoms with Crippen molar-refractivity contribution in [3.05, 3.63) is 11.7 Å². The summed E-state index contributed by atoms with van der Waals surface area (Å²) in [6, 6.07) is 0. The molecule has 1 atom stereocenters. The summed E-state index contributed by atoms with van der Waals surface area (Å²) < 4.78 is 5.43. The Hall–Kier alpha value is -1.43. The van der Waals surface area contributed by atoms with Crippen LogP contribution in [-0.2, 0) is 11.3 Å². The minimum absolute atomic E-state index is 0.0659. The van der Waals surface area contributed by atoms with Gasteiger partial charge in [0.05, 0.1) is 6.54 Å². The molecule has 29 heavy (non-hydrogen) atoms. The number of rotatable bonds is 11. The van der Waals surface area contributed by atoms with Crippen LogP contribution in [-0.4, -0.2) is 22.7 Å². The molecule has 0 spiro atoms. The molecule has 2 rings (SSSR count). The van der Waals surface area contributed by atoms with Gasteiger partial charge in [0.25, 0.3) is 0 Å². The Morgan fingerprint density at radius 2 is 1.93 bits per heavy atom. The molecule has 1 aromatic heterocycles. The molecule has 6 nitrogen and oxygen atoms in total. The van der Waals surface area contributed by atoms with Crippen LogP contribution >= 0.6 is 0 Å². The molecule has 0 aromatic carbocycles. The van der Waals surface area contributed by atoms with Crippen molar-refractivity contribution in [2.45, 2.75) is 105 Å². The highest BCUT2D eigenvalue weighted by Crippen LogP contribution is 2.53. The molecule has 166 valence electrons. The zero-order valence-electron chi connectivity index (χ0n) is 19.1. The van der Waals surface area contributed by atoms with Crippen LogP contribution in [0.25, 0.3) is 0 Å². The van der Waals surface area contributed by atoms with Gasteiger partial charge in [-0.25, -0.2) is 0 Å². The lowest BCUT2D eigenvalue weighted by atomic mass is 9.57. The molecule has 0 saturated heterocycles. The number of nitrogens with zero attached hydrogens (tertiary/aromatic N) is 2. The molecule has 1 heterocycles. The van der Waals surface area contributed by atoms with E-state index in [0.717, 1.165) is 25.8 Å². The first-order valence-electron chi connectivity index (χ1n) is 11.4. The van der Waals surface area contributed by atoms with E-state index >= 15 is 0 Å². The van der Waals surface area contributed by atoms with Crippen molar-refractivity contribution in [2.24, 2.45) is 16.7 Å². The number of aromatic nitrogens is 2. The molecule has 0 amide bonds. The third kappa shape index (κ3) is 7.09. The molecular formula is C23H40N3O3-. The van der Waals surface area contributed by atoms with Crippen molar-refractivity contribution in [3.8, 4) is 0 Å². The van der Waals surface area contributed by atoms with Crippen molar-refractivity contribution in [1.82, 2.24) is 15.5 Å². The van der Waals surface area contributed by atoms with Gasteiger partial charge < -0.3 is 19.7 Å². The number of carboxylic acids is 1. The summed E-state index contributed by atoms with van der Waals surface area (Å²) in [5.41, 5.74) is 0.606. The molecule has 1 saturated carbocycles. The van der Waals surface area contributed by atoms with Crippen molar-refractivity contribution in [2.75, 3.05) is 6.54 Å². The topological polar surface area (TPSA) is 91.1 Å². The number of carbonyl (C=O) groups is 1. The van der Waals surface area contributed by atoms with E-state index in [1.165, 1.54) is 32.1 Å². The summed E-state index contributed by atoms with van der Waals surface area (Å²) >= 11 is 0. The maximum Gasteiger partial charge on any atom is 0.230 e. The zero-order chi connectivity index (χ0) is 21.5. The lowest BCUT2D eigenvalue weighted by Gasteiger charge is -2.48. The highest BCUT2D eigenvalue weighted by atomic mass is 16.5. The lowest BCUT2D eigenvalue weighted by Crippen LogP contribution is -2.37. The van der Waals surface area contributed by atoms with Gasteiger partial charge in [0.15, 0.2) is 5.82 Å². The minimum Gasteiger partial charge on any atom is -0.550 e. The predicted molar refractivity (Wildman–Crippen MR) is 112 cm³/mol. The number of aliphatic carboxylic acids is 1. The fourth-order valence-corrected chi connectivity index (χ4v) is 4.78. The quantitative estimate of drug-likeness (QED) is 0.592. The van der Waals surface area contributed by atoms with Crippen molar-refractivity contribution in [1.29, 1.82) is 0 Å². The second-order valence-electron chi connectivity index (χ2n) is 10.3. The highest BCUT2D eigenvalue weighted by Gasteiger charge is 2.41. The highest BCUT2D eigenvalue weighted by molar-refractivity contribution is 5.65. The number of carboxylic acid groups (broad SMARTS) is 1. The van der Waals surface area contributed by atoms with Crippen LogP contribution in [0.5, 0.6) is 0 Å². The van der Waals surface area contributed by atoms with Gasteiger partial charge in [-0.05, 0) is 55.4 Å². The predicted octanol–water partition coefficient (Wildman–Crippen LogP) is 4.21. The molecule has 1 aliphatic rings. The summed E-state index contributed by atoms with van der Waals surface area (Å²) in [4.78, 5) is 15.8. The van der Waals surface area contributed by atoms with Crippen molar-refractivity contribution < 1.29 is 14.4 Å². The van der Waals surface area contributed by atoms with E-state index < -0.39 is 5.97 Å². The van der Waals surface area contributed by atoms with Gasteiger partial charge in [0.2, 0.25) is 5.89 Å². The summed E-state index contributed by atoms with van der Waals surface area (Å²) in [5.74, 6) is 0.233. The van der Waals surface area contributed by atoms with Crippen LogP contribution in [0.15, 0.2) is 4.52 Å². The fraction of sp³-hybridized carbons (Fsp3) is 0.870. The van der Waals surface area contributed by atoms with E-state index in [-0.39, 0.29) is 17.8 Å². The molecular weight excluding hydrogens is 366 g/mol. The zero-order valence-corrected chi connectivity index (χ0v) is 19.1. The Labute approximate surface area is 176 Å². The molecule has 1 aliphatic carbocycles. The van der Waals surface area contributed by atoms with Crippen LogP contribution in [0.2, 0.25) is 0 Å². The van der Waals surface area contributed by atoms with Crippen LogP contribution in [0.4, 0.5) is 0 Å². The van der Waals surface area contributed by atoms with Crippen molar-refractivity contribution >= 4 is 5.97 Å². The summed E-state index contributed by atoms with van der Waals surface area (Å²) in [5, 5.41) is 18.6. The number of nitrogens with one attached hydrogen (secondary N) is 1. The van der Waals surface area contributed by atoms with E-state index in [0.29, 0.717) is 29.6 Å². The summed E-state index contributed by atoms with van der Waals surface area (Å²) in [6.07, 6.45) is 9.25. The van der Waals surface area contributed by atoms with Gasteiger partial charge in [-0.2, -0.15) is 4.98 Å². The molecule has 1 unspecified atom stereocenters. The van der Waals surface area contributed by atoms with E-state index in [2.05, 4.69) is 50.1 Å². The first-order chi connectivity index (χ1) is 13.6. The molecule has 0 bridgehead atoms. The third-order valence-electron chi connectivity index (χ3n) is 6.69. The number of hydrogen-bond acceptors (Lipinski definition) is 6. The van der Waals surface area contributed by atoms with Gasteiger partial charge in [-0.1, -0.05) is 65.5 Å². The minimum atomic E-state index is -1.06. The van der Waals surface area contributed by atoms with Gasteiger partial charge in [-0.3, -0.25) is 0 Å². The maximum absolute atomic E-state index is 11.3. The standard InChI is InChI=1S/C23H41N3O3/c1-17(2)15-24-16-19-25-21(29-26-19)18(14-20(27)28)10-9-13-23(22(3,4)5)11-7-6-8-12-23/h17-18,24H,6-16H2,1-5H3,(H,27,28)/p-1. The smallest absolute Gasteiger partial charge is 0.230 e. The first kappa shape index (κ1) is 23.8.